The Morgan fingerprint density at radius 3 is 2.15 bits per heavy atom. The molecule has 0 bridgehead atoms. The van der Waals surface area contributed by atoms with Crippen LogP contribution in [0.25, 0.3) is 0 Å². The molecule has 2 amide bonds. The fraction of sp³-hybridized carbons (Fsp3) is 0.636. The predicted octanol–water partition coefficient (Wildman–Crippen LogP) is 3.40. The van der Waals surface area contributed by atoms with E-state index >= 15 is 0 Å². The molecule has 5 nitrogen and oxygen atoms in total. The van der Waals surface area contributed by atoms with Gasteiger partial charge in [0.05, 0.1) is 13.5 Å². The van der Waals surface area contributed by atoms with Crippen LogP contribution in [0.5, 0.6) is 5.75 Å². The molecule has 1 heterocycles. The van der Waals surface area contributed by atoms with E-state index in [2.05, 4.69) is 39.8 Å². The van der Waals surface area contributed by atoms with Crippen LogP contribution in [0.4, 0.5) is 0 Å². The molecule has 0 aliphatic carbocycles. The van der Waals surface area contributed by atoms with Crippen molar-refractivity contribution in [2.75, 3.05) is 33.3 Å². The van der Waals surface area contributed by atoms with E-state index in [1.807, 2.05) is 15.9 Å². The second-order valence-corrected chi connectivity index (χ2v) is 8.32. The number of carbonyl (C=O) groups excluding carboxylic acids is 2. The fourth-order valence-electron chi connectivity index (χ4n) is 3.35. The first-order valence-electron chi connectivity index (χ1n) is 9.99. The van der Waals surface area contributed by atoms with Crippen molar-refractivity contribution in [1.82, 2.24) is 9.80 Å². The van der Waals surface area contributed by atoms with Gasteiger partial charge in [-0.25, -0.2) is 0 Å². The SMILES string of the molecule is CCCCC(=O)N1CCN(C(=O)Cc2cc(C(C)(C)C)ccc2OC)CC1. The molecule has 0 N–H and O–H groups in total. The lowest BCUT2D eigenvalue weighted by molar-refractivity contribution is -0.139. The maximum absolute atomic E-state index is 12.8. The first kappa shape index (κ1) is 21.3. The van der Waals surface area contributed by atoms with Crippen molar-refractivity contribution in [3.63, 3.8) is 0 Å². The highest BCUT2D eigenvalue weighted by Crippen LogP contribution is 2.28. The van der Waals surface area contributed by atoms with E-state index in [1.54, 1.807) is 7.11 Å². The molecule has 5 heteroatoms. The summed E-state index contributed by atoms with van der Waals surface area (Å²) in [6, 6.07) is 6.10. The Hall–Kier alpha value is -2.04. The molecule has 1 aromatic rings. The molecule has 2 rings (SSSR count). The third-order valence-electron chi connectivity index (χ3n) is 5.22. The van der Waals surface area contributed by atoms with Crippen molar-refractivity contribution in [2.24, 2.45) is 0 Å². The summed E-state index contributed by atoms with van der Waals surface area (Å²) in [5.74, 6) is 1.06. The third kappa shape index (κ3) is 5.72. The molecule has 0 spiro atoms. The fourth-order valence-corrected chi connectivity index (χ4v) is 3.35. The lowest BCUT2D eigenvalue weighted by atomic mass is 9.85. The number of hydrogen-bond acceptors (Lipinski definition) is 3. The first-order chi connectivity index (χ1) is 12.8. The summed E-state index contributed by atoms with van der Waals surface area (Å²) in [7, 11) is 1.64. The van der Waals surface area contributed by atoms with E-state index in [0.29, 0.717) is 39.0 Å². The second-order valence-electron chi connectivity index (χ2n) is 8.32. The van der Waals surface area contributed by atoms with Crippen molar-refractivity contribution in [3.05, 3.63) is 29.3 Å². The summed E-state index contributed by atoms with van der Waals surface area (Å²) in [6.07, 6.45) is 2.90. The highest BCUT2D eigenvalue weighted by Gasteiger charge is 2.25. The molecule has 1 aliphatic rings. The Kier molecular flexibility index (Phi) is 7.28. The average molecular weight is 375 g/mol. The van der Waals surface area contributed by atoms with Crippen LogP contribution in [0, 0.1) is 0 Å². The van der Waals surface area contributed by atoms with Gasteiger partial charge in [-0.3, -0.25) is 9.59 Å². The van der Waals surface area contributed by atoms with Gasteiger partial charge in [-0.15, -0.1) is 0 Å². The minimum Gasteiger partial charge on any atom is -0.496 e. The maximum atomic E-state index is 12.8. The van der Waals surface area contributed by atoms with Crippen LogP contribution >= 0.6 is 0 Å². The lowest BCUT2D eigenvalue weighted by Gasteiger charge is -2.35. The summed E-state index contributed by atoms with van der Waals surface area (Å²) in [5.41, 5.74) is 2.14. The van der Waals surface area contributed by atoms with Gasteiger partial charge in [-0.05, 0) is 23.5 Å². The number of ether oxygens (including phenoxy) is 1. The topological polar surface area (TPSA) is 49.9 Å². The Balaban J connectivity index is 1.99. The van der Waals surface area contributed by atoms with E-state index < -0.39 is 0 Å². The van der Waals surface area contributed by atoms with Crippen molar-refractivity contribution >= 4 is 11.8 Å². The number of rotatable bonds is 6. The largest absolute Gasteiger partial charge is 0.496 e. The van der Waals surface area contributed by atoms with Crippen LogP contribution in [0.1, 0.15) is 58.1 Å². The zero-order valence-electron chi connectivity index (χ0n) is 17.5. The van der Waals surface area contributed by atoms with Crippen molar-refractivity contribution in [3.8, 4) is 5.75 Å². The lowest BCUT2D eigenvalue weighted by Crippen LogP contribution is -2.51. The number of hydrogen-bond donors (Lipinski definition) is 0. The third-order valence-corrected chi connectivity index (χ3v) is 5.22. The molecule has 150 valence electrons. The molecular formula is C22H34N2O3. The van der Waals surface area contributed by atoms with Crippen LogP contribution in [0.2, 0.25) is 0 Å². The predicted molar refractivity (Wildman–Crippen MR) is 108 cm³/mol. The Morgan fingerprint density at radius 1 is 1.04 bits per heavy atom. The average Bonchev–Trinajstić information content (AvgIpc) is 2.65. The standard InChI is InChI=1S/C22H34N2O3/c1-6-7-8-20(25)23-11-13-24(14-12-23)21(26)16-17-15-18(22(2,3)4)9-10-19(17)27-5/h9-10,15H,6-8,11-14,16H2,1-5H3. The normalized spacial score (nSPS) is 15.0. The van der Waals surface area contributed by atoms with Gasteiger partial charge in [0, 0.05) is 38.2 Å². The number of carbonyl (C=O) groups is 2. The second kappa shape index (κ2) is 9.25. The molecule has 0 radical (unpaired) electrons. The Morgan fingerprint density at radius 2 is 1.63 bits per heavy atom. The summed E-state index contributed by atoms with van der Waals surface area (Å²) in [5, 5.41) is 0. The van der Waals surface area contributed by atoms with Crippen molar-refractivity contribution < 1.29 is 14.3 Å². The van der Waals surface area contributed by atoms with Crippen LogP contribution < -0.4 is 4.74 Å². The van der Waals surface area contributed by atoms with Crippen molar-refractivity contribution in [1.29, 1.82) is 0 Å². The summed E-state index contributed by atoms with van der Waals surface area (Å²) in [6.45, 7) is 11.1. The molecule has 1 aromatic carbocycles. The number of benzene rings is 1. The van der Waals surface area contributed by atoms with E-state index in [-0.39, 0.29) is 17.2 Å². The molecule has 0 atom stereocenters. The van der Waals surface area contributed by atoms with Gasteiger partial charge in [-0.2, -0.15) is 0 Å². The monoisotopic (exact) mass is 374 g/mol. The Bertz CT molecular complexity index is 656. The highest BCUT2D eigenvalue weighted by molar-refractivity contribution is 5.80. The highest BCUT2D eigenvalue weighted by atomic mass is 16.5. The molecule has 0 unspecified atom stereocenters. The van der Waals surface area contributed by atoms with Gasteiger partial charge < -0.3 is 14.5 Å². The van der Waals surface area contributed by atoms with Gasteiger partial charge in [0.15, 0.2) is 0 Å². The van der Waals surface area contributed by atoms with Gasteiger partial charge >= 0.3 is 0 Å². The van der Waals surface area contributed by atoms with E-state index in [4.69, 9.17) is 4.74 Å². The summed E-state index contributed by atoms with van der Waals surface area (Å²) >= 11 is 0. The van der Waals surface area contributed by atoms with Crippen LogP contribution in [-0.2, 0) is 21.4 Å². The quantitative estimate of drug-likeness (QED) is 0.767. The molecule has 0 saturated carbocycles. The summed E-state index contributed by atoms with van der Waals surface area (Å²) in [4.78, 5) is 28.7. The molecule has 27 heavy (non-hydrogen) atoms. The smallest absolute Gasteiger partial charge is 0.227 e. The summed E-state index contributed by atoms with van der Waals surface area (Å²) < 4.78 is 5.46. The molecular weight excluding hydrogens is 340 g/mol. The van der Waals surface area contributed by atoms with Crippen LogP contribution in [0.15, 0.2) is 18.2 Å². The van der Waals surface area contributed by atoms with Crippen molar-refractivity contribution in [2.45, 2.75) is 58.8 Å². The number of unbranched alkanes of at least 4 members (excludes halogenated alkanes) is 1. The van der Waals surface area contributed by atoms with Gasteiger partial charge in [0.25, 0.3) is 0 Å². The van der Waals surface area contributed by atoms with Crippen LogP contribution in [-0.4, -0.2) is 54.9 Å². The number of nitrogens with zero attached hydrogens (tertiary/aromatic N) is 2. The first-order valence-corrected chi connectivity index (χ1v) is 9.99. The maximum Gasteiger partial charge on any atom is 0.227 e. The zero-order valence-corrected chi connectivity index (χ0v) is 17.5. The molecule has 1 saturated heterocycles. The van der Waals surface area contributed by atoms with E-state index in [0.717, 1.165) is 24.2 Å². The van der Waals surface area contributed by atoms with Gasteiger partial charge in [0.1, 0.15) is 5.75 Å². The van der Waals surface area contributed by atoms with E-state index in [1.165, 1.54) is 5.56 Å². The molecule has 0 aromatic heterocycles. The number of methoxy groups -OCH3 is 1. The minimum atomic E-state index is 0.0224. The molecule has 1 fully saturated rings. The molecule has 1 aliphatic heterocycles. The minimum absolute atomic E-state index is 0.0224. The zero-order chi connectivity index (χ0) is 20.0. The number of piperazine rings is 1. The van der Waals surface area contributed by atoms with Gasteiger partial charge in [0.2, 0.25) is 11.8 Å². The van der Waals surface area contributed by atoms with Crippen LogP contribution in [0.3, 0.4) is 0 Å². The number of amides is 2. The van der Waals surface area contributed by atoms with E-state index in [9.17, 15) is 9.59 Å². The van der Waals surface area contributed by atoms with Gasteiger partial charge in [-0.1, -0.05) is 46.2 Å². The Labute approximate surface area is 163 Å².